The average molecular weight is 258 g/mol. The van der Waals surface area contributed by atoms with Crippen LogP contribution in [0.25, 0.3) is 0 Å². The predicted octanol–water partition coefficient (Wildman–Crippen LogP) is 0.0333. The van der Waals surface area contributed by atoms with E-state index in [0.29, 0.717) is 30.6 Å². The number of anilines is 1. The van der Waals surface area contributed by atoms with Crippen molar-refractivity contribution < 1.29 is 9.53 Å². The molecule has 0 radical (unpaired) electrons. The van der Waals surface area contributed by atoms with E-state index in [-0.39, 0.29) is 5.91 Å². The summed E-state index contributed by atoms with van der Waals surface area (Å²) >= 11 is 1.25. The van der Waals surface area contributed by atoms with E-state index >= 15 is 0 Å². The van der Waals surface area contributed by atoms with E-state index in [1.807, 2.05) is 19.0 Å². The minimum atomic E-state index is -0.214. The first-order chi connectivity index (χ1) is 8.09. The molecule has 0 unspecified atom stereocenters. The van der Waals surface area contributed by atoms with Gasteiger partial charge in [0.1, 0.15) is 5.69 Å². The van der Waals surface area contributed by atoms with Crippen molar-refractivity contribution in [2.45, 2.75) is 0 Å². The van der Waals surface area contributed by atoms with Crippen molar-refractivity contribution >= 4 is 22.4 Å². The molecule has 0 fully saturated rings. The number of carbonyl (C=O) groups is 1. The molecule has 0 aliphatic rings. The number of amides is 1. The fourth-order valence-corrected chi connectivity index (χ4v) is 1.61. The standard InChI is InChI=1S/C10H18N4O2S/c1-14(2)4-6-16-5-3-12-9(15)8-7-17-10(11)13-8/h7H,3-6H2,1-2H3,(H2,11,13)(H,12,15). The second kappa shape index (κ2) is 7.21. The van der Waals surface area contributed by atoms with Gasteiger partial charge in [0, 0.05) is 18.5 Å². The number of aromatic nitrogens is 1. The third kappa shape index (κ3) is 5.62. The summed E-state index contributed by atoms with van der Waals surface area (Å²) in [5.74, 6) is -0.214. The molecule has 0 spiro atoms. The van der Waals surface area contributed by atoms with Gasteiger partial charge in [0.15, 0.2) is 5.13 Å². The number of nitrogens with one attached hydrogen (secondary N) is 1. The molecule has 7 heteroatoms. The second-order valence-electron chi connectivity index (χ2n) is 3.74. The van der Waals surface area contributed by atoms with E-state index in [1.54, 1.807) is 5.38 Å². The summed E-state index contributed by atoms with van der Waals surface area (Å²) in [6.07, 6.45) is 0. The smallest absolute Gasteiger partial charge is 0.270 e. The highest BCUT2D eigenvalue weighted by atomic mass is 32.1. The number of carbonyl (C=O) groups excluding carboxylic acids is 1. The maximum absolute atomic E-state index is 11.5. The van der Waals surface area contributed by atoms with E-state index in [1.165, 1.54) is 11.3 Å². The Bertz CT molecular complexity index is 354. The first-order valence-corrected chi connectivity index (χ1v) is 6.19. The van der Waals surface area contributed by atoms with Crippen molar-refractivity contribution in [1.82, 2.24) is 15.2 Å². The lowest BCUT2D eigenvalue weighted by Crippen LogP contribution is -2.28. The van der Waals surface area contributed by atoms with Crippen LogP contribution in [0.1, 0.15) is 10.5 Å². The molecule has 1 rings (SSSR count). The van der Waals surface area contributed by atoms with Crippen LogP contribution in [0.4, 0.5) is 5.13 Å². The van der Waals surface area contributed by atoms with Crippen molar-refractivity contribution in [3.8, 4) is 0 Å². The zero-order chi connectivity index (χ0) is 12.7. The van der Waals surface area contributed by atoms with Gasteiger partial charge in [-0.3, -0.25) is 4.79 Å². The lowest BCUT2D eigenvalue weighted by atomic mass is 10.4. The van der Waals surface area contributed by atoms with Gasteiger partial charge in [0.25, 0.3) is 5.91 Å². The summed E-state index contributed by atoms with van der Waals surface area (Å²) < 4.78 is 5.34. The summed E-state index contributed by atoms with van der Waals surface area (Å²) in [5.41, 5.74) is 5.80. The van der Waals surface area contributed by atoms with Gasteiger partial charge in [-0.25, -0.2) is 4.98 Å². The number of hydrogen-bond donors (Lipinski definition) is 2. The van der Waals surface area contributed by atoms with Crippen molar-refractivity contribution in [3.05, 3.63) is 11.1 Å². The number of ether oxygens (including phenoxy) is 1. The maximum atomic E-state index is 11.5. The monoisotopic (exact) mass is 258 g/mol. The summed E-state index contributed by atoms with van der Waals surface area (Å²) in [7, 11) is 3.97. The first kappa shape index (κ1) is 13.9. The third-order valence-corrected chi connectivity index (χ3v) is 2.64. The van der Waals surface area contributed by atoms with Crippen molar-refractivity contribution in [2.24, 2.45) is 0 Å². The topological polar surface area (TPSA) is 80.5 Å². The molecule has 6 nitrogen and oxygen atoms in total. The van der Waals surface area contributed by atoms with Gasteiger partial charge in [-0.15, -0.1) is 11.3 Å². The van der Waals surface area contributed by atoms with Gasteiger partial charge >= 0.3 is 0 Å². The molecule has 0 bridgehead atoms. The predicted molar refractivity (Wildman–Crippen MR) is 68.2 cm³/mol. The Morgan fingerprint density at radius 3 is 2.94 bits per heavy atom. The molecule has 1 aromatic rings. The van der Waals surface area contributed by atoms with Crippen LogP contribution in [-0.4, -0.2) is 56.2 Å². The van der Waals surface area contributed by atoms with Gasteiger partial charge in [-0.1, -0.05) is 0 Å². The van der Waals surface area contributed by atoms with Gasteiger partial charge < -0.3 is 20.7 Å². The minimum Gasteiger partial charge on any atom is -0.378 e. The Morgan fingerprint density at radius 2 is 2.35 bits per heavy atom. The van der Waals surface area contributed by atoms with E-state index in [4.69, 9.17) is 10.5 Å². The van der Waals surface area contributed by atoms with Crippen LogP contribution in [0.15, 0.2) is 5.38 Å². The van der Waals surface area contributed by atoms with Crippen LogP contribution in [0.3, 0.4) is 0 Å². The molecule has 0 aromatic carbocycles. The zero-order valence-corrected chi connectivity index (χ0v) is 10.9. The van der Waals surface area contributed by atoms with Gasteiger partial charge in [0.05, 0.1) is 13.2 Å². The lowest BCUT2D eigenvalue weighted by molar-refractivity contribution is 0.0896. The van der Waals surface area contributed by atoms with Gasteiger partial charge in [-0.05, 0) is 14.1 Å². The van der Waals surface area contributed by atoms with Crippen LogP contribution in [0, 0.1) is 0 Å². The quantitative estimate of drug-likeness (QED) is 0.675. The second-order valence-corrected chi connectivity index (χ2v) is 4.63. The van der Waals surface area contributed by atoms with Crippen molar-refractivity contribution in [1.29, 1.82) is 0 Å². The summed E-state index contributed by atoms with van der Waals surface area (Å²) in [6, 6.07) is 0. The molecule has 1 heterocycles. The van der Waals surface area contributed by atoms with E-state index < -0.39 is 0 Å². The lowest BCUT2D eigenvalue weighted by Gasteiger charge is -2.09. The zero-order valence-electron chi connectivity index (χ0n) is 10.1. The van der Waals surface area contributed by atoms with E-state index in [0.717, 1.165) is 6.54 Å². The van der Waals surface area contributed by atoms with Crippen LogP contribution < -0.4 is 11.1 Å². The van der Waals surface area contributed by atoms with Crippen molar-refractivity contribution in [3.63, 3.8) is 0 Å². The first-order valence-electron chi connectivity index (χ1n) is 5.31. The molecular weight excluding hydrogens is 240 g/mol. The summed E-state index contributed by atoms with van der Waals surface area (Å²) in [5, 5.41) is 4.75. The Balaban J connectivity index is 2.09. The number of hydrogen-bond acceptors (Lipinski definition) is 6. The Labute approximate surface area is 105 Å². The fourth-order valence-electron chi connectivity index (χ4n) is 1.07. The molecule has 3 N–H and O–H groups in total. The Morgan fingerprint density at radius 1 is 1.59 bits per heavy atom. The SMILES string of the molecule is CN(C)CCOCCNC(=O)c1csc(N)n1. The number of rotatable bonds is 7. The molecule has 96 valence electrons. The minimum absolute atomic E-state index is 0.214. The molecule has 1 aromatic heterocycles. The molecular formula is C10H18N4O2S. The van der Waals surface area contributed by atoms with E-state index in [9.17, 15) is 4.79 Å². The number of nitrogen functional groups attached to an aromatic ring is 1. The molecule has 0 atom stereocenters. The number of nitrogens with two attached hydrogens (primary N) is 1. The highest BCUT2D eigenvalue weighted by Gasteiger charge is 2.08. The largest absolute Gasteiger partial charge is 0.378 e. The molecule has 0 saturated heterocycles. The summed E-state index contributed by atoms with van der Waals surface area (Å²) in [6.45, 7) is 2.51. The molecule has 1 amide bonds. The molecule has 0 aliphatic carbocycles. The fraction of sp³-hybridized carbons (Fsp3) is 0.600. The Kier molecular flexibility index (Phi) is 5.88. The highest BCUT2D eigenvalue weighted by Crippen LogP contribution is 2.10. The van der Waals surface area contributed by atoms with Crippen LogP contribution in [0.2, 0.25) is 0 Å². The molecule has 0 aliphatic heterocycles. The van der Waals surface area contributed by atoms with Crippen molar-refractivity contribution in [2.75, 3.05) is 46.1 Å². The Hall–Kier alpha value is -1.18. The summed E-state index contributed by atoms with van der Waals surface area (Å²) in [4.78, 5) is 17.4. The molecule has 17 heavy (non-hydrogen) atoms. The number of likely N-dealkylation sites (N-methyl/N-ethyl adjacent to an activating group) is 1. The number of thiazole rings is 1. The highest BCUT2D eigenvalue weighted by molar-refractivity contribution is 7.13. The number of nitrogens with zero attached hydrogens (tertiary/aromatic N) is 2. The normalized spacial score (nSPS) is 10.8. The van der Waals surface area contributed by atoms with Gasteiger partial charge in [0.2, 0.25) is 0 Å². The third-order valence-electron chi connectivity index (χ3n) is 1.97. The maximum Gasteiger partial charge on any atom is 0.270 e. The van der Waals surface area contributed by atoms with Gasteiger partial charge in [-0.2, -0.15) is 0 Å². The van der Waals surface area contributed by atoms with E-state index in [2.05, 4.69) is 10.3 Å². The molecule has 0 saturated carbocycles. The average Bonchev–Trinajstić information content (AvgIpc) is 2.69. The van der Waals surface area contributed by atoms with Crippen LogP contribution in [-0.2, 0) is 4.74 Å². The van der Waals surface area contributed by atoms with Crippen LogP contribution in [0.5, 0.6) is 0 Å². The van der Waals surface area contributed by atoms with Crippen LogP contribution >= 0.6 is 11.3 Å².